The number of alkyl halides is 1. The molecule has 1 fully saturated rings. The van der Waals surface area contributed by atoms with Gasteiger partial charge in [-0.2, -0.15) is 5.09 Å². The van der Waals surface area contributed by atoms with Crippen molar-refractivity contribution in [2.24, 2.45) is 0 Å². The number of aliphatic hydroxyl groups is 2. The molecule has 14 heteroatoms. The van der Waals surface area contributed by atoms with E-state index in [1.807, 2.05) is 0 Å². The van der Waals surface area contributed by atoms with Gasteiger partial charge in [0, 0.05) is 6.20 Å². The minimum absolute atomic E-state index is 0.0575. The zero-order chi connectivity index (χ0) is 27.6. The lowest BCUT2D eigenvalue weighted by molar-refractivity contribution is -0.210. The lowest BCUT2D eigenvalue weighted by atomic mass is 9.94. The number of nitrogens with zero attached hydrogens (tertiary/aromatic N) is 1. The first-order valence-corrected chi connectivity index (χ1v) is 13.0. The zero-order valence-electron chi connectivity index (χ0n) is 20.7. The van der Waals surface area contributed by atoms with Crippen molar-refractivity contribution in [3.05, 3.63) is 42.6 Å². The van der Waals surface area contributed by atoms with Crippen LogP contribution in [0.2, 0.25) is 0 Å². The Labute approximate surface area is 212 Å². The summed E-state index contributed by atoms with van der Waals surface area (Å²) >= 11 is 0. The van der Waals surface area contributed by atoms with E-state index in [1.54, 1.807) is 32.0 Å². The lowest BCUT2D eigenvalue weighted by Gasteiger charge is -2.34. The van der Waals surface area contributed by atoms with Crippen LogP contribution >= 0.6 is 7.75 Å². The monoisotopic (exact) mass is 544 g/mol. The van der Waals surface area contributed by atoms with Crippen molar-refractivity contribution < 1.29 is 52.1 Å². The van der Waals surface area contributed by atoms with Crippen LogP contribution in [0.15, 0.2) is 42.6 Å². The number of amides is 1. The molecule has 3 rings (SSSR count). The number of nitrogens with one attached hydrogen (secondary N) is 1. The summed E-state index contributed by atoms with van der Waals surface area (Å²) in [7, 11) is -4.53. The maximum atomic E-state index is 15.9. The number of benzene rings is 1. The molecule has 0 bridgehead atoms. The van der Waals surface area contributed by atoms with Gasteiger partial charge >= 0.3 is 13.7 Å². The van der Waals surface area contributed by atoms with Crippen LogP contribution in [-0.2, 0) is 32.9 Å². The molecular weight excluding hydrogens is 514 g/mol. The molecule has 0 aliphatic carbocycles. The Kier molecular flexibility index (Phi) is 8.57. The predicted octanol–water partition coefficient (Wildman–Crippen LogP) is 1.57. The molecule has 37 heavy (non-hydrogen) atoms. The van der Waals surface area contributed by atoms with Crippen LogP contribution < -0.4 is 9.61 Å². The van der Waals surface area contributed by atoms with E-state index in [0.717, 1.165) is 24.1 Å². The van der Waals surface area contributed by atoms with Gasteiger partial charge < -0.3 is 24.2 Å². The van der Waals surface area contributed by atoms with Crippen LogP contribution in [0.4, 0.5) is 4.39 Å². The standard InChI is InChI=1S/C23H30FN2O10P/c1-14(2)34-19(29)15(3)25-37(32,36-17-8-6-5-7-9-17)33-13-23(24)20(30)22(4,31)21(35-23)26-11-10-16(27)12-18(26)28/h5-11,14-15,20-21,30-31H,12-13H2,1-4H3,(H,25,32)/t15-,20-,21+,22+,23+,37?/m0/s1. The van der Waals surface area contributed by atoms with Gasteiger partial charge in [-0.3, -0.25) is 23.8 Å². The fourth-order valence-corrected chi connectivity index (χ4v) is 5.16. The van der Waals surface area contributed by atoms with Gasteiger partial charge in [0.05, 0.1) is 12.5 Å². The number of ether oxygens (including phenoxy) is 2. The Bertz CT molecular complexity index is 1100. The van der Waals surface area contributed by atoms with E-state index in [-0.39, 0.29) is 5.75 Å². The third-order valence-electron chi connectivity index (χ3n) is 5.51. The number of halogens is 1. The fourth-order valence-electron chi connectivity index (χ4n) is 3.65. The Morgan fingerprint density at radius 1 is 1.30 bits per heavy atom. The van der Waals surface area contributed by atoms with Crippen molar-refractivity contribution in [1.29, 1.82) is 0 Å². The summed E-state index contributed by atoms with van der Waals surface area (Å²) in [5.74, 6) is -5.18. The maximum absolute atomic E-state index is 15.9. The molecule has 0 spiro atoms. The number of ketones is 1. The third-order valence-corrected chi connectivity index (χ3v) is 7.14. The molecule has 0 aromatic heterocycles. The van der Waals surface area contributed by atoms with Crippen molar-refractivity contribution in [2.75, 3.05) is 6.61 Å². The van der Waals surface area contributed by atoms with E-state index in [0.29, 0.717) is 0 Å². The van der Waals surface area contributed by atoms with Gasteiger partial charge in [0.1, 0.15) is 30.1 Å². The number of carbonyl (C=O) groups is 3. The van der Waals surface area contributed by atoms with Crippen LogP contribution in [-0.4, -0.2) is 75.3 Å². The minimum atomic E-state index is -4.53. The van der Waals surface area contributed by atoms with E-state index in [9.17, 15) is 29.2 Å². The SMILES string of the molecule is CC(C)OC(=O)[C@H](C)NP(=O)(OC[C@@]1(F)O[C@@H](N2C=CC(=O)CC2=O)[C@](C)(O)[C@@H]1O)Oc1ccccc1. The van der Waals surface area contributed by atoms with Crippen LogP contribution in [0.5, 0.6) is 5.75 Å². The molecular formula is C23H30FN2O10P. The van der Waals surface area contributed by atoms with Crippen molar-refractivity contribution in [2.45, 2.75) is 70.0 Å². The van der Waals surface area contributed by atoms with Crippen LogP contribution in [0.1, 0.15) is 34.1 Å². The number of hydrogen-bond acceptors (Lipinski definition) is 10. The smallest absolute Gasteiger partial charge is 0.459 e. The highest BCUT2D eigenvalue weighted by Crippen LogP contribution is 2.49. The average molecular weight is 544 g/mol. The van der Waals surface area contributed by atoms with Crippen LogP contribution in [0.25, 0.3) is 0 Å². The summed E-state index contributed by atoms with van der Waals surface area (Å²) in [6.07, 6.45) is -2.96. The first kappa shape index (κ1) is 28.9. The Balaban J connectivity index is 1.82. The summed E-state index contributed by atoms with van der Waals surface area (Å²) in [5.41, 5.74) is -2.36. The molecule has 2 aliphatic heterocycles. The van der Waals surface area contributed by atoms with Crippen LogP contribution in [0, 0.1) is 0 Å². The van der Waals surface area contributed by atoms with Gasteiger partial charge in [-0.15, -0.1) is 0 Å². The molecule has 2 heterocycles. The fraction of sp³-hybridized carbons (Fsp3) is 0.522. The summed E-state index contributed by atoms with van der Waals surface area (Å²) < 4.78 is 50.4. The number of allylic oxidation sites excluding steroid dienone is 1. The van der Waals surface area contributed by atoms with E-state index >= 15 is 4.39 Å². The molecule has 0 radical (unpaired) electrons. The minimum Gasteiger partial charge on any atom is -0.462 e. The average Bonchev–Trinajstić information content (AvgIpc) is 2.98. The lowest BCUT2D eigenvalue weighted by Crippen LogP contribution is -2.54. The second kappa shape index (κ2) is 11.0. The molecule has 6 atom stereocenters. The number of hydrogen-bond donors (Lipinski definition) is 3. The first-order chi connectivity index (χ1) is 17.2. The third kappa shape index (κ3) is 6.61. The number of esters is 1. The van der Waals surface area contributed by atoms with Crippen LogP contribution in [0.3, 0.4) is 0 Å². The van der Waals surface area contributed by atoms with E-state index in [1.165, 1.54) is 19.1 Å². The summed E-state index contributed by atoms with van der Waals surface area (Å²) in [5, 5.41) is 23.8. The Hall–Kier alpha value is -2.67. The van der Waals surface area contributed by atoms with E-state index < -0.39 is 74.4 Å². The van der Waals surface area contributed by atoms with Gasteiger partial charge in [-0.1, -0.05) is 18.2 Å². The number of aliphatic hydroxyl groups excluding tert-OH is 1. The molecule has 1 aromatic carbocycles. The highest BCUT2D eigenvalue weighted by molar-refractivity contribution is 7.52. The van der Waals surface area contributed by atoms with E-state index in [4.69, 9.17) is 18.5 Å². The molecule has 1 aromatic rings. The molecule has 0 saturated carbocycles. The molecule has 3 N–H and O–H groups in total. The largest absolute Gasteiger partial charge is 0.462 e. The summed E-state index contributed by atoms with van der Waals surface area (Å²) in [4.78, 5) is 36.8. The summed E-state index contributed by atoms with van der Waals surface area (Å²) in [6, 6.07) is 6.49. The second-order valence-corrected chi connectivity index (χ2v) is 10.9. The summed E-state index contributed by atoms with van der Waals surface area (Å²) in [6.45, 7) is 4.36. The second-order valence-electron chi connectivity index (χ2n) is 9.16. The first-order valence-electron chi connectivity index (χ1n) is 11.4. The zero-order valence-corrected chi connectivity index (χ0v) is 21.6. The molecule has 12 nitrogen and oxygen atoms in total. The van der Waals surface area contributed by atoms with Gasteiger partial charge in [0.25, 0.3) is 5.85 Å². The highest BCUT2D eigenvalue weighted by Gasteiger charge is 2.65. The molecule has 1 amide bonds. The Morgan fingerprint density at radius 2 is 1.95 bits per heavy atom. The quantitative estimate of drug-likeness (QED) is 0.223. The molecule has 204 valence electrons. The van der Waals surface area contributed by atoms with Gasteiger partial charge in [-0.05, 0) is 45.9 Å². The van der Waals surface area contributed by atoms with Crippen molar-refractivity contribution in [3.63, 3.8) is 0 Å². The predicted molar refractivity (Wildman–Crippen MR) is 125 cm³/mol. The van der Waals surface area contributed by atoms with E-state index in [2.05, 4.69) is 5.09 Å². The number of rotatable bonds is 10. The van der Waals surface area contributed by atoms with Crippen molar-refractivity contribution in [3.8, 4) is 5.75 Å². The normalized spacial score (nSPS) is 30.3. The molecule has 1 unspecified atom stereocenters. The van der Waals surface area contributed by atoms with Crippen molar-refractivity contribution in [1.82, 2.24) is 9.99 Å². The van der Waals surface area contributed by atoms with Gasteiger partial charge in [-0.25, -0.2) is 8.96 Å². The van der Waals surface area contributed by atoms with Gasteiger partial charge in [0.2, 0.25) is 5.91 Å². The number of para-hydroxylation sites is 1. The molecule has 2 aliphatic rings. The Morgan fingerprint density at radius 3 is 2.54 bits per heavy atom. The molecule has 1 saturated heterocycles. The van der Waals surface area contributed by atoms with Crippen molar-refractivity contribution >= 4 is 25.4 Å². The maximum Gasteiger partial charge on any atom is 0.459 e. The number of carbonyl (C=O) groups excluding carboxylic acids is 3. The van der Waals surface area contributed by atoms with Gasteiger partial charge in [0.15, 0.2) is 12.0 Å². The topological polar surface area (TPSA) is 161 Å². The highest BCUT2D eigenvalue weighted by atomic mass is 31.2.